The molecule has 0 aliphatic heterocycles. The Morgan fingerprint density at radius 1 is 1.07 bits per heavy atom. The van der Waals surface area contributed by atoms with Crippen molar-refractivity contribution in [1.29, 1.82) is 0 Å². The molecular weight excluding hydrogens is 377 g/mol. The van der Waals surface area contributed by atoms with Crippen LogP contribution in [-0.4, -0.2) is 31.4 Å². The Kier molecular flexibility index (Phi) is 6.50. The van der Waals surface area contributed by atoms with Gasteiger partial charge in [0.1, 0.15) is 11.8 Å². The molecule has 0 radical (unpaired) electrons. The van der Waals surface area contributed by atoms with Crippen molar-refractivity contribution in [3.05, 3.63) is 53.6 Å². The van der Waals surface area contributed by atoms with Crippen LogP contribution in [0.4, 0.5) is 24.5 Å². The van der Waals surface area contributed by atoms with Gasteiger partial charge in [-0.15, -0.1) is 13.2 Å². The normalized spacial score (nSPS) is 12.1. The summed E-state index contributed by atoms with van der Waals surface area (Å²) in [6.07, 6.45) is -4.78. The maximum Gasteiger partial charge on any atom is 0.573 e. The first-order valence-corrected chi connectivity index (χ1v) is 8.21. The molecule has 0 fully saturated rings. The molecule has 1 atom stereocenters. The minimum absolute atomic E-state index is 0.313. The first-order chi connectivity index (χ1) is 13.1. The van der Waals surface area contributed by atoms with Crippen molar-refractivity contribution in [2.75, 3.05) is 17.7 Å². The lowest BCUT2D eigenvalue weighted by molar-refractivity contribution is -0.274. The summed E-state index contributed by atoms with van der Waals surface area (Å²) < 4.78 is 45.0. The fraction of sp³-hybridized carbons (Fsp3) is 0.263. The van der Waals surface area contributed by atoms with E-state index < -0.39 is 24.3 Å². The monoisotopic (exact) mass is 396 g/mol. The van der Waals surface area contributed by atoms with Gasteiger partial charge in [0.15, 0.2) is 0 Å². The quantitative estimate of drug-likeness (QED) is 0.719. The number of esters is 1. The van der Waals surface area contributed by atoms with Gasteiger partial charge in [0.05, 0.1) is 12.7 Å². The zero-order valence-electron chi connectivity index (χ0n) is 15.4. The zero-order valence-corrected chi connectivity index (χ0v) is 15.4. The van der Waals surface area contributed by atoms with Crippen molar-refractivity contribution in [3.8, 4) is 5.75 Å². The molecule has 150 valence electrons. The number of hydrogen-bond acceptors (Lipinski definition) is 5. The van der Waals surface area contributed by atoms with Gasteiger partial charge in [0.2, 0.25) is 5.91 Å². The highest BCUT2D eigenvalue weighted by Gasteiger charge is 2.31. The molecule has 0 saturated carbocycles. The van der Waals surface area contributed by atoms with Gasteiger partial charge in [-0.3, -0.25) is 4.79 Å². The second kappa shape index (κ2) is 8.64. The number of nitrogens with one attached hydrogen (secondary N) is 2. The van der Waals surface area contributed by atoms with Crippen molar-refractivity contribution in [2.45, 2.75) is 26.3 Å². The van der Waals surface area contributed by atoms with Gasteiger partial charge in [-0.1, -0.05) is 6.07 Å². The minimum Gasteiger partial charge on any atom is -0.465 e. The maximum atomic E-state index is 12.3. The molecule has 2 aromatic rings. The lowest BCUT2D eigenvalue weighted by Gasteiger charge is -2.18. The van der Waals surface area contributed by atoms with Crippen LogP contribution in [0.1, 0.15) is 22.8 Å². The second-order valence-corrected chi connectivity index (χ2v) is 5.95. The number of carbonyl (C=O) groups excluding carboxylic acids is 2. The van der Waals surface area contributed by atoms with E-state index in [2.05, 4.69) is 20.1 Å². The highest BCUT2D eigenvalue weighted by molar-refractivity contribution is 5.97. The van der Waals surface area contributed by atoms with Crippen LogP contribution >= 0.6 is 0 Å². The van der Waals surface area contributed by atoms with Crippen LogP contribution in [0, 0.1) is 6.92 Å². The molecule has 0 saturated heterocycles. The SMILES string of the molecule is COC(=O)c1ccc(C)c(N[C@H](C)C(=O)Nc2ccc(OC(F)(F)F)cc2)c1. The Hall–Kier alpha value is -3.23. The summed E-state index contributed by atoms with van der Waals surface area (Å²) in [5.74, 6) is -1.29. The molecular formula is C19H19F3N2O4. The van der Waals surface area contributed by atoms with E-state index in [9.17, 15) is 22.8 Å². The standard InChI is InChI=1S/C19H19F3N2O4/c1-11-4-5-13(18(26)27-3)10-16(11)23-12(2)17(25)24-14-6-8-15(9-7-14)28-19(20,21)22/h4-10,12,23H,1-3H3,(H,24,25)/t12-/m1/s1. The predicted molar refractivity (Wildman–Crippen MR) is 97.4 cm³/mol. The molecule has 0 aromatic heterocycles. The largest absolute Gasteiger partial charge is 0.573 e. The number of anilines is 2. The number of alkyl halides is 3. The Balaban J connectivity index is 2.02. The molecule has 0 spiro atoms. The van der Waals surface area contributed by atoms with Gasteiger partial charge in [-0.2, -0.15) is 0 Å². The van der Waals surface area contributed by atoms with Crippen molar-refractivity contribution in [3.63, 3.8) is 0 Å². The molecule has 0 unspecified atom stereocenters. The van der Waals surface area contributed by atoms with Crippen molar-refractivity contribution in [1.82, 2.24) is 0 Å². The number of amides is 1. The van der Waals surface area contributed by atoms with E-state index in [1.54, 1.807) is 25.1 Å². The first-order valence-electron chi connectivity index (χ1n) is 8.21. The van der Waals surface area contributed by atoms with Crippen molar-refractivity contribution >= 4 is 23.3 Å². The average molecular weight is 396 g/mol. The van der Waals surface area contributed by atoms with E-state index in [-0.39, 0.29) is 5.75 Å². The average Bonchev–Trinajstić information content (AvgIpc) is 2.63. The molecule has 0 aliphatic carbocycles. The maximum absolute atomic E-state index is 12.3. The summed E-state index contributed by atoms with van der Waals surface area (Å²) in [6, 6.07) is 9.03. The number of rotatable bonds is 6. The topological polar surface area (TPSA) is 76.7 Å². The number of benzene rings is 2. The summed E-state index contributed by atoms with van der Waals surface area (Å²) in [5.41, 5.74) is 2.05. The van der Waals surface area contributed by atoms with E-state index in [1.807, 2.05) is 6.92 Å². The molecule has 6 nitrogen and oxygen atoms in total. The molecule has 9 heteroatoms. The van der Waals surface area contributed by atoms with Gasteiger partial charge in [-0.05, 0) is 55.8 Å². The fourth-order valence-electron chi connectivity index (χ4n) is 2.31. The highest BCUT2D eigenvalue weighted by Crippen LogP contribution is 2.24. The van der Waals surface area contributed by atoms with E-state index in [4.69, 9.17) is 0 Å². The minimum atomic E-state index is -4.78. The number of hydrogen-bond donors (Lipinski definition) is 2. The number of aryl methyl sites for hydroxylation is 1. The number of methoxy groups -OCH3 is 1. The Labute approximate surface area is 159 Å². The lowest BCUT2D eigenvalue weighted by Crippen LogP contribution is -2.32. The molecule has 0 bridgehead atoms. The van der Waals surface area contributed by atoms with Crippen LogP contribution in [0.15, 0.2) is 42.5 Å². The van der Waals surface area contributed by atoms with Gasteiger partial charge >= 0.3 is 12.3 Å². The molecule has 0 aliphatic rings. The predicted octanol–water partition coefficient (Wildman–Crippen LogP) is 4.12. The van der Waals surface area contributed by atoms with Crippen molar-refractivity contribution < 1.29 is 32.2 Å². The third-order valence-corrected chi connectivity index (χ3v) is 3.78. The summed E-state index contributed by atoms with van der Waals surface area (Å²) in [6.45, 7) is 3.42. The van der Waals surface area contributed by atoms with Gasteiger partial charge in [0, 0.05) is 11.4 Å². The summed E-state index contributed by atoms with van der Waals surface area (Å²) >= 11 is 0. The first kappa shape index (κ1) is 21.1. The van der Waals surface area contributed by atoms with Crippen molar-refractivity contribution in [2.24, 2.45) is 0 Å². The van der Waals surface area contributed by atoms with Crippen LogP contribution in [-0.2, 0) is 9.53 Å². The van der Waals surface area contributed by atoms with Crippen LogP contribution in [0.3, 0.4) is 0 Å². The lowest BCUT2D eigenvalue weighted by atomic mass is 10.1. The summed E-state index contributed by atoms with van der Waals surface area (Å²) in [7, 11) is 1.27. The molecule has 2 N–H and O–H groups in total. The van der Waals surface area contributed by atoms with Crippen LogP contribution in [0.25, 0.3) is 0 Å². The smallest absolute Gasteiger partial charge is 0.465 e. The van der Waals surface area contributed by atoms with Crippen LogP contribution in [0.5, 0.6) is 5.75 Å². The van der Waals surface area contributed by atoms with E-state index in [0.717, 1.165) is 17.7 Å². The summed E-state index contributed by atoms with van der Waals surface area (Å²) in [5, 5.41) is 5.59. The van der Waals surface area contributed by atoms with Crippen LogP contribution < -0.4 is 15.4 Å². The molecule has 2 aromatic carbocycles. The Bertz CT molecular complexity index is 851. The Morgan fingerprint density at radius 2 is 1.71 bits per heavy atom. The van der Waals surface area contributed by atoms with Crippen LogP contribution in [0.2, 0.25) is 0 Å². The summed E-state index contributed by atoms with van der Waals surface area (Å²) in [4.78, 5) is 24.0. The Morgan fingerprint density at radius 3 is 2.29 bits per heavy atom. The third kappa shape index (κ3) is 5.90. The van der Waals surface area contributed by atoms with E-state index in [0.29, 0.717) is 16.9 Å². The van der Waals surface area contributed by atoms with Gasteiger partial charge in [0.25, 0.3) is 0 Å². The highest BCUT2D eigenvalue weighted by atomic mass is 19.4. The van der Waals surface area contributed by atoms with Gasteiger partial charge < -0.3 is 20.1 Å². The molecule has 28 heavy (non-hydrogen) atoms. The second-order valence-electron chi connectivity index (χ2n) is 5.95. The number of halogens is 3. The number of carbonyl (C=O) groups is 2. The zero-order chi connectivity index (χ0) is 20.9. The molecule has 1 amide bonds. The van der Waals surface area contributed by atoms with E-state index >= 15 is 0 Å². The van der Waals surface area contributed by atoms with E-state index in [1.165, 1.54) is 19.2 Å². The fourth-order valence-corrected chi connectivity index (χ4v) is 2.31. The molecule has 0 heterocycles. The van der Waals surface area contributed by atoms with Gasteiger partial charge in [-0.25, -0.2) is 4.79 Å². The molecule has 2 rings (SSSR count). The number of ether oxygens (including phenoxy) is 2. The third-order valence-electron chi connectivity index (χ3n) is 3.78.